The Morgan fingerprint density at radius 1 is 1.25 bits per heavy atom. The van der Waals surface area contributed by atoms with Gasteiger partial charge >= 0.3 is 6.36 Å². The first kappa shape index (κ1) is 14.1. The zero-order chi connectivity index (χ0) is 12.2. The molecule has 0 bridgehead atoms. The molecule has 0 aliphatic heterocycles. The van der Waals surface area contributed by atoms with E-state index in [0.717, 1.165) is 27.3 Å². The lowest BCUT2D eigenvalue weighted by molar-refractivity contribution is -0.274. The van der Waals surface area contributed by atoms with E-state index < -0.39 is 6.36 Å². The van der Waals surface area contributed by atoms with Gasteiger partial charge in [-0.3, -0.25) is 0 Å². The second-order valence-corrected chi connectivity index (χ2v) is 5.17. The minimum absolute atomic E-state index is 0.149. The van der Waals surface area contributed by atoms with Gasteiger partial charge in [0.1, 0.15) is 5.75 Å². The van der Waals surface area contributed by atoms with Crippen LogP contribution in [-0.2, 0) is 6.42 Å². The Kier molecular flexibility index (Phi) is 5.36. The predicted molar refractivity (Wildman–Crippen MR) is 68.0 cm³/mol. The molecule has 0 amide bonds. The van der Waals surface area contributed by atoms with Crippen LogP contribution < -0.4 is 4.74 Å². The van der Waals surface area contributed by atoms with E-state index in [4.69, 9.17) is 0 Å². The zero-order valence-corrected chi connectivity index (χ0v) is 11.9. The molecule has 0 spiro atoms. The fourth-order valence-electron chi connectivity index (χ4n) is 1.23. The summed E-state index contributed by atoms with van der Waals surface area (Å²) in [6, 6.07) is 4.65. The predicted octanol–water partition coefficient (Wildman–Crippen LogP) is 4.52. The van der Waals surface area contributed by atoms with Crippen LogP contribution in [0.5, 0.6) is 5.75 Å². The zero-order valence-electron chi connectivity index (χ0n) is 8.15. The summed E-state index contributed by atoms with van der Waals surface area (Å²) in [6.07, 6.45) is -3.01. The highest BCUT2D eigenvalue weighted by Crippen LogP contribution is 2.26. The molecule has 0 saturated carbocycles. The standard InChI is InChI=1S/C10H9BrF3IO/c11-3-1-2-7-4-8(15)6-9(5-7)16-10(12,13)14/h4-6H,1-3H2. The largest absolute Gasteiger partial charge is 0.573 e. The highest BCUT2D eigenvalue weighted by Gasteiger charge is 2.31. The quantitative estimate of drug-likeness (QED) is 0.525. The minimum atomic E-state index is -4.63. The molecule has 0 heterocycles. The van der Waals surface area contributed by atoms with E-state index in [1.807, 2.05) is 28.7 Å². The second-order valence-electron chi connectivity index (χ2n) is 3.14. The third-order valence-corrected chi connectivity index (χ3v) is 2.95. The monoisotopic (exact) mass is 408 g/mol. The topological polar surface area (TPSA) is 9.23 Å². The molecular weight excluding hydrogens is 400 g/mol. The number of ether oxygens (including phenoxy) is 1. The van der Waals surface area contributed by atoms with Gasteiger partial charge in [-0.1, -0.05) is 15.9 Å². The summed E-state index contributed by atoms with van der Waals surface area (Å²) in [6.45, 7) is 0. The lowest BCUT2D eigenvalue weighted by Crippen LogP contribution is -2.17. The number of hydrogen-bond acceptors (Lipinski definition) is 1. The summed E-state index contributed by atoms with van der Waals surface area (Å²) in [5, 5.41) is 0.827. The number of benzene rings is 1. The molecule has 0 aliphatic carbocycles. The Balaban J connectivity index is 2.81. The minimum Gasteiger partial charge on any atom is -0.406 e. The van der Waals surface area contributed by atoms with Crippen LogP contribution in [0.3, 0.4) is 0 Å². The number of alkyl halides is 4. The first-order valence-electron chi connectivity index (χ1n) is 4.52. The SMILES string of the molecule is FC(F)(F)Oc1cc(I)cc(CCCBr)c1. The van der Waals surface area contributed by atoms with Crippen molar-refractivity contribution in [1.29, 1.82) is 0 Å². The van der Waals surface area contributed by atoms with E-state index in [0.29, 0.717) is 0 Å². The number of halogens is 5. The van der Waals surface area contributed by atoms with Gasteiger partial charge in [0.25, 0.3) is 0 Å². The van der Waals surface area contributed by atoms with Crippen molar-refractivity contribution in [2.75, 3.05) is 5.33 Å². The Labute approximate surface area is 114 Å². The van der Waals surface area contributed by atoms with E-state index >= 15 is 0 Å². The number of rotatable bonds is 4. The molecule has 1 aromatic rings. The maximum atomic E-state index is 12.0. The molecule has 0 aliphatic rings. The lowest BCUT2D eigenvalue weighted by Gasteiger charge is -2.10. The van der Waals surface area contributed by atoms with Crippen molar-refractivity contribution in [2.24, 2.45) is 0 Å². The summed E-state index contributed by atoms with van der Waals surface area (Å²) in [4.78, 5) is 0. The van der Waals surface area contributed by atoms with Gasteiger partial charge in [-0.05, 0) is 59.2 Å². The van der Waals surface area contributed by atoms with Gasteiger partial charge in [-0.15, -0.1) is 13.2 Å². The Hall–Kier alpha value is 0.0200. The van der Waals surface area contributed by atoms with Crippen LogP contribution in [0.15, 0.2) is 18.2 Å². The van der Waals surface area contributed by atoms with Crippen molar-refractivity contribution >= 4 is 38.5 Å². The highest BCUT2D eigenvalue weighted by atomic mass is 127. The van der Waals surface area contributed by atoms with Crippen LogP contribution in [0.2, 0.25) is 0 Å². The fourth-order valence-corrected chi connectivity index (χ4v) is 2.22. The van der Waals surface area contributed by atoms with Gasteiger partial charge in [0.15, 0.2) is 0 Å². The molecule has 0 radical (unpaired) electrons. The molecule has 16 heavy (non-hydrogen) atoms. The second kappa shape index (κ2) is 6.09. The molecule has 6 heteroatoms. The summed E-state index contributed by atoms with van der Waals surface area (Å²) >= 11 is 5.25. The fraction of sp³-hybridized carbons (Fsp3) is 0.400. The number of aryl methyl sites for hydroxylation is 1. The van der Waals surface area contributed by atoms with Crippen LogP contribution in [0.4, 0.5) is 13.2 Å². The summed E-state index contributed by atoms with van der Waals surface area (Å²) < 4.78 is 40.7. The van der Waals surface area contributed by atoms with Crippen LogP contribution in [0.25, 0.3) is 0 Å². The smallest absolute Gasteiger partial charge is 0.406 e. The third kappa shape index (κ3) is 5.38. The summed E-state index contributed by atoms with van der Waals surface area (Å²) in [7, 11) is 0. The van der Waals surface area contributed by atoms with E-state index in [-0.39, 0.29) is 5.75 Å². The van der Waals surface area contributed by atoms with Crippen LogP contribution in [-0.4, -0.2) is 11.7 Å². The van der Waals surface area contributed by atoms with Crippen molar-refractivity contribution in [3.63, 3.8) is 0 Å². The van der Waals surface area contributed by atoms with Crippen molar-refractivity contribution in [3.05, 3.63) is 27.3 Å². The first-order chi connectivity index (χ1) is 7.40. The molecule has 0 fully saturated rings. The Morgan fingerprint density at radius 3 is 2.50 bits per heavy atom. The molecule has 1 aromatic carbocycles. The van der Waals surface area contributed by atoms with E-state index in [9.17, 15) is 13.2 Å². The molecule has 1 nitrogen and oxygen atoms in total. The molecule has 0 atom stereocenters. The van der Waals surface area contributed by atoms with Gasteiger partial charge < -0.3 is 4.74 Å². The van der Waals surface area contributed by atoms with Crippen LogP contribution >= 0.6 is 38.5 Å². The van der Waals surface area contributed by atoms with E-state index in [1.54, 1.807) is 0 Å². The molecule has 90 valence electrons. The van der Waals surface area contributed by atoms with Gasteiger partial charge in [-0.2, -0.15) is 0 Å². The van der Waals surface area contributed by atoms with Crippen molar-refractivity contribution in [2.45, 2.75) is 19.2 Å². The van der Waals surface area contributed by atoms with Crippen molar-refractivity contribution < 1.29 is 17.9 Å². The molecule has 0 unspecified atom stereocenters. The van der Waals surface area contributed by atoms with Crippen molar-refractivity contribution in [3.8, 4) is 5.75 Å². The maximum Gasteiger partial charge on any atom is 0.573 e. The summed E-state index contributed by atoms with van der Waals surface area (Å²) in [5.74, 6) is -0.149. The van der Waals surface area contributed by atoms with Gasteiger partial charge in [0, 0.05) is 8.90 Å². The molecule has 0 N–H and O–H groups in total. The average molecular weight is 409 g/mol. The van der Waals surface area contributed by atoms with E-state index in [2.05, 4.69) is 20.7 Å². The molecular formula is C10H9BrF3IO. The van der Waals surface area contributed by atoms with Crippen LogP contribution in [0.1, 0.15) is 12.0 Å². The highest BCUT2D eigenvalue weighted by molar-refractivity contribution is 14.1. The molecule has 0 saturated heterocycles. The van der Waals surface area contributed by atoms with Gasteiger partial charge in [0.05, 0.1) is 0 Å². The molecule has 0 aromatic heterocycles. The summed E-state index contributed by atoms with van der Waals surface area (Å²) in [5.41, 5.74) is 0.852. The Morgan fingerprint density at radius 2 is 1.94 bits per heavy atom. The average Bonchev–Trinajstić information content (AvgIpc) is 2.10. The number of hydrogen-bond donors (Lipinski definition) is 0. The van der Waals surface area contributed by atoms with Gasteiger partial charge in [-0.25, -0.2) is 0 Å². The van der Waals surface area contributed by atoms with Crippen molar-refractivity contribution in [1.82, 2.24) is 0 Å². The normalized spacial score (nSPS) is 11.6. The first-order valence-corrected chi connectivity index (χ1v) is 6.72. The third-order valence-electron chi connectivity index (χ3n) is 1.76. The molecule has 1 rings (SSSR count). The van der Waals surface area contributed by atoms with Crippen LogP contribution in [0, 0.1) is 3.57 Å². The van der Waals surface area contributed by atoms with E-state index in [1.165, 1.54) is 12.1 Å². The lowest BCUT2D eigenvalue weighted by atomic mass is 10.1. The van der Waals surface area contributed by atoms with Gasteiger partial charge in [0.2, 0.25) is 0 Å². The maximum absolute atomic E-state index is 12.0. The Bertz CT molecular complexity index is 354.